The van der Waals surface area contributed by atoms with Crippen LogP contribution in [0.4, 0.5) is 0 Å². The third-order valence-corrected chi connectivity index (χ3v) is 6.90. The molecule has 2 aromatic rings. The molecule has 0 aliphatic heterocycles. The van der Waals surface area contributed by atoms with Gasteiger partial charge < -0.3 is 24.4 Å². The van der Waals surface area contributed by atoms with Crippen LogP contribution in [0, 0.1) is 0 Å². The number of hydrogen-bond donors (Lipinski definition) is 1. The SMILES string of the molecule is CCCOc1ccc([C@H](C(=O)NC2CCCCCC2)N(Cc2ccc(OC)cc2)C(=O)CCl)cc1OC. The predicted molar refractivity (Wildman–Crippen MR) is 145 cm³/mol. The van der Waals surface area contributed by atoms with Crippen LogP contribution in [0.15, 0.2) is 42.5 Å². The molecule has 2 amide bonds. The average Bonchev–Trinajstić information content (AvgIpc) is 3.20. The lowest BCUT2D eigenvalue weighted by Crippen LogP contribution is -2.46. The van der Waals surface area contributed by atoms with Gasteiger partial charge in [0.1, 0.15) is 17.7 Å². The summed E-state index contributed by atoms with van der Waals surface area (Å²) in [5.74, 6) is 1.04. The predicted octanol–water partition coefficient (Wildman–Crippen LogP) is 5.64. The summed E-state index contributed by atoms with van der Waals surface area (Å²) in [6.07, 6.45) is 7.27. The molecule has 1 fully saturated rings. The van der Waals surface area contributed by atoms with Gasteiger partial charge >= 0.3 is 0 Å². The molecule has 1 saturated carbocycles. The first-order valence-corrected chi connectivity index (χ1v) is 13.6. The Morgan fingerprint density at radius 3 is 2.30 bits per heavy atom. The number of halogens is 1. The third-order valence-electron chi connectivity index (χ3n) is 6.67. The van der Waals surface area contributed by atoms with Gasteiger partial charge in [0.05, 0.1) is 20.8 Å². The molecule has 0 bridgehead atoms. The second kappa shape index (κ2) is 14.7. The number of alkyl halides is 1. The number of nitrogens with zero attached hydrogens (tertiary/aromatic N) is 1. The molecule has 8 heteroatoms. The molecular formula is C29H39ClN2O5. The first-order valence-electron chi connectivity index (χ1n) is 13.1. The number of carbonyl (C=O) groups is 2. The molecule has 0 saturated heterocycles. The van der Waals surface area contributed by atoms with Gasteiger partial charge in [0, 0.05) is 12.6 Å². The monoisotopic (exact) mass is 530 g/mol. The Bertz CT molecular complexity index is 1010. The summed E-state index contributed by atoms with van der Waals surface area (Å²) in [4.78, 5) is 28.6. The summed E-state index contributed by atoms with van der Waals surface area (Å²) in [7, 11) is 3.17. The van der Waals surface area contributed by atoms with Crippen molar-refractivity contribution < 1.29 is 23.8 Å². The molecule has 3 rings (SSSR count). The topological polar surface area (TPSA) is 77.1 Å². The van der Waals surface area contributed by atoms with Crippen LogP contribution in [-0.2, 0) is 16.1 Å². The maximum atomic E-state index is 13.9. The van der Waals surface area contributed by atoms with Gasteiger partial charge in [0.25, 0.3) is 0 Å². The van der Waals surface area contributed by atoms with Crippen molar-refractivity contribution in [3.8, 4) is 17.2 Å². The molecule has 2 aromatic carbocycles. The minimum absolute atomic E-state index is 0.0838. The van der Waals surface area contributed by atoms with Crippen molar-refractivity contribution in [2.24, 2.45) is 0 Å². The van der Waals surface area contributed by atoms with E-state index in [0.29, 0.717) is 29.4 Å². The summed E-state index contributed by atoms with van der Waals surface area (Å²) in [5.41, 5.74) is 1.50. The molecule has 0 heterocycles. The van der Waals surface area contributed by atoms with Gasteiger partial charge in [-0.15, -0.1) is 11.6 Å². The van der Waals surface area contributed by atoms with Crippen LogP contribution in [0.5, 0.6) is 17.2 Å². The normalized spacial score (nSPS) is 14.8. The molecule has 0 aromatic heterocycles. The molecule has 0 spiro atoms. The van der Waals surface area contributed by atoms with Crippen molar-refractivity contribution in [2.75, 3.05) is 26.7 Å². The first-order chi connectivity index (χ1) is 18.0. The zero-order chi connectivity index (χ0) is 26.6. The molecule has 7 nitrogen and oxygen atoms in total. The quantitative estimate of drug-likeness (QED) is 0.284. The molecule has 1 N–H and O–H groups in total. The minimum Gasteiger partial charge on any atom is -0.497 e. The summed E-state index contributed by atoms with van der Waals surface area (Å²) in [6.45, 7) is 2.80. The fraction of sp³-hybridized carbons (Fsp3) is 0.517. The smallest absolute Gasteiger partial charge is 0.247 e. The van der Waals surface area contributed by atoms with E-state index in [9.17, 15) is 9.59 Å². The summed E-state index contributed by atoms with van der Waals surface area (Å²) >= 11 is 6.06. The molecule has 202 valence electrons. The highest BCUT2D eigenvalue weighted by Gasteiger charge is 2.33. The summed E-state index contributed by atoms with van der Waals surface area (Å²) < 4.78 is 16.7. The van der Waals surface area contributed by atoms with Gasteiger partial charge in [-0.2, -0.15) is 0 Å². The zero-order valence-corrected chi connectivity index (χ0v) is 22.9. The Balaban J connectivity index is 1.99. The molecule has 0 radical (unpaired) electrons. The van der Waals surface area contributed by atoms with Crippen molar-refractivity contribution in [3.63, 3.8) is 0 Å². The van der Waals surface area contributed by atoms with E-state index in [2.05, 4.69) is 5.32 Å². The Labute approximate surface area is 225 Å². The number of hydrogen-bond acceptors (Lipinski definition) is 5. The first kappa shape index (κ1) is 28.6. The summed E-state index contributed by atoms with van der Waals surface area (Å²) in [6, 6.07) is 12.0. The minimum atomic E-state index is -0.884. The van der Waals surface area contributed by atoms with Crippen molar-refractivity contribution in [3.05, 3.63) is 53.6 Å². The zero-order valence-electron chi connectivity index (χ0n) is 22.1. The lowest BCUT2D eigenvalue weighted by atomic mass is 10.0. The molecule has 0 unspecified atom stereocenters. The van der Waals surface area contributed by atoms with Crippen LogP contribution in [-0.4, -0.2) is 49.5 Å². The molecule has 37 heavy (non-hydrogen) atoms. The van der Waals surface area contributed by atoms with Crippen LogP contribution in [0.3, 0.4) is 0 Å². The Hall–Kier alpha value is -2.93. The van der Waals surface area contributed by atoms with Crippen LogP contribution in [0.2, 0.25) is 0 Å². The second-order valence-corrected chi connectivity index (χ2v) is 9.63. The third kappa shape index (κ3) is 8.03. The standard InChI is InChI=1S/C29H39ClN2O5/c1-4-17-37-25-16-13-22(18-26(25)36-3)28(29(34)31-23-9-7-5-6-8-10-23)32(27(33)19-30)20-21-11-14-24(35-2)15-12-21/h11-16,18,23,28H,4-10,17,19-20H2,1-3H3,(H,31,34)/t28-/m1/s1. The Kier molecular flexibility index (Phi) is 11.4. The number of rotatable bonds is 12. The highest BCUT2D eigenvalue weighted by atomic mass is 35.5. The number of nitrogens with one attached hydrogen (secondary N) is 1. The van der Waals surface area contributed by atoms with Gasteiger partial charge in [-0.25, -0.2) is 0 Å². The van der Waals surface area contributed by atoms with E-state index < -0.39 is 6.04 Å². The van der Waals surface area contributed by atoms with E-state index in [1.807, 2.05) is 37.3 Å². The summed E-state index contributed by atoms with van der Waals surface area (Å²) in [5, 5.41) is 3.24. The lowest BCUT2D eigenvalue weighted by molar-refractivity contribution is -0.140. The van der Waals surface area contributed by atoms with E-state index in [1.165, 1.54) is 12.8 Å². The molecule has 1 aliphatic rings. The lowest BCUT2D eigenvalue weighted by Gasteiger charge is -2.32. The molecule has 1 atom stereocenters. The van der Waals surface area contributed by atoms with Crippen molar-refractivity contribution >= 4 is 23.4 Å². The van der Waals surface area contributed by atoms with Gasteiger partial charge in [0.2, 0.25) is 11.8 Å². The highest BCUT2D eigenvalue weighted by Crippen LogP contribution is 2.34. The Morgan fingerprint density at radius 2 is 1.70 bits per heavy atom. The second-order valence-electron chi connectivity index (χ2n) is 9.36. The average molecular weight is 531 g/mol. The van der Waals surface area contributed by atoms with Gasteiger partial charge in [0.15, 0.2) is 11.5 Å². The van der Waals surface area contributed by atoms with Crippen LogP contribution in [0.25, 0.3) is 0 Å². The maximum Gasteiger partial charge on any atom is 0.247 e. The van der Waals surface area contributed by atoms with Crippen LogP contribution >= 0.6 is 11.6 Å². The van der Waals surface area contributed by atoms with E-state index in [4.69, 9.17) is 25.8 Å². The van der Waals surface area contributed by atoms with Gasteiger partial charge in [-0.3, -0.25) is 9.59 Å². The largest absolute Gasteiger partial charge is 0.497 e. The number of amides is 2. The highest BCUT2D eigenvalue weighted by molar-refractivity contribution is 6.27. The van der Waals surface area contributed by atoms with Crippen LogP contribution in [0.1, 0.15) is 69.0 Å². The number of ether oxygens (including phenoxy) is 3. The van der Waals surface area contributed by atoms with E-state index in [0.717, 1.165) is 37.7 Å². The fourth-order valence-corrected chi connectivity index (χ4v) is 4.84. The van der Waals surface area contributed by atoms with E-state index in [-0.39, 0.29) is 30.3 Å². The number of carbonyl (C=O) groups excluding carboxylic acids is 2. The van der Waals surface area contributed by atoms with Crippen molar-refractivity contribution in [2.45, 2.75) is 70.5 Å². The van der Waals surface area contributed by atoms with E-state index >= 15 is 0 Å². The fourth-order valence-electron chi connectivity index (χ4n) is 4.69. The van der Waals surface area contributed by atoms with Crippen molar-refractivity contribution in [1.82, 2.24) is 10.2 Å². The van der Waals surface area contributed by atoms with Gasteiger partial charge in [-0.1, -0.05) is 50.8 Å². The molecular weight excluding hydrogens is 492 g/mol. The van der Waals surface area contributed by atoms with E-state index in [1.54, 1.807) is 31.3 Å². The molecule has 1 aliphatic carbocycles. The van der Waals surface area contributed by atoms with Gasteiger partial charge in [-0.05, 0) is 54.7 Å². The van der Waals surface area contributed by atoms with Crippen LogP contribution < -0.4 is 19.5 Å². The maximum absolute atomic E-state index is 13.9. The van der Waals surface area contributed by atoms with Crippen molar-refractivity contribution in [1.29, 1.82) is 0 Å². The Morgan fingerprint density at radius 1 is 1.00 bits per heavy atom. The number of benzene rings is 2. The number of methoxy groups -OCH3 is 2.